The molecule has 0 saturated carbocycles. The molecule has 0 fully saturated rings. The molecule has 2 aromatic rings. The van der Waals surface area contributed by atoms with Crippen LogP contribution in [0.4, 0.5) is 0 Å². The minimum absolute atomic E-state index is 0.145. The molecule has 124 valence electrons. The Morgan fingerprint density at radius 3 is 2.62 bits per heavy atom. The summed E-state index contributed by atoms with van der Waals surface area (Å²) < 4.78 is 0.802. The molecule has 0 radical (unpaired) electrons. The van der Waals surface area contributed by atoms with Gasteiger partial charge in [-0.15, -0.1) is 11.8 Å². The van der Waals surface area contributed by atoms with E-state index < -0.39 is 5.91 Å². The summed E-state index contributed by atoms with van der Waals surface area (Å²) in [7, 11) is 0. The number of thioether (sulfide) groups is 1. The van der Waals surface area contributed by atoms with Crippen molar-refractivity contribution in [3.05, 3.63) is 64.1 Å². The van der Waals surface area contributed by atoms with E-state index >= 15 is 0 Å². The van der Waals surface area contributed by atoms with Gasteiger partial charge in [-0.1, -0.05) is 34.1 Å². The summed E-state index contributed by atoms with van der Waals surface area (Å²) in [6.45, 7) is -0.145. The van der Waals surface area contributed by atoms with Crippen molar-refractivity contribution in [1.82, 2.24) is 10.7 Å². The second-order valence-electron chi connectivity index (χ2n) is 4.76. The van der Waals surface area contributed by atoms with Crippen molar-refractivity contribution in [2.45, 2.75) is 4.90 Å². The normalized spacial score (nSPS) is 10.6. The molecule has 5 nitrogen and oxygen atoms in total. The Kier molecular flexibility index (Phi) is 7.02. The van der Waals surface area contributed by atoms with Crippen LogP contribution < -0.4 is 10.7 Å². The maximum Gasteiger partial charge on any atom is 0.259 e. The summed E-state index contributed by atoms with van der Waals surface area (Å²) in [5.41, 5.74) is 3.74. The minimum Gasteiger partial charge on any atom is -0.343 e. The van der Waals surface area contributed by atoms with E-state index in [1.54, 1.807) is 36.2 Å². The molecule has 0 aliphatic rings. The number of carbonyl (C=O) groups excluding carboxylic acids is 2. The van der Waals surface area contributed by atoms with Crippen molar-refractivity contribution in [3.8, 4) is 0 Å². The van der Waals surface area contributed by atoms with Crippen LogP contribution in [0, 0.1) is 0 Å². The van der Waals surface area contributed by atoms with Gasteiger partial charge in [-0.05, 0) is 42.2 Å². The van der Waals surface area contributed by atoms with Crippen LogP contribution in [0.1, 0.15) is 15.9 Å². The lowest BCUT2D eigenvalue weighted by atomic mass is 10.2. The van der Waals surface area contributed by atoms with Crippen LogP contribution in [0.15, 0.2) is 63.0 Å². The molecule has 0 bridgehead atoms. The Bertz CT molecular complexity index is 748. The SMILES string of the molecule is CSc1ccc(/C=N\NC(=O)CNC(=O)c2cccc(Br)c2)cc1. The quantitative estimate of drug-likeness (QED) is 0.440. The highest BCUT2D eigenvalue weighted by Crippen LogP contribution is 2.14. The third kappa shape index (κ3) is 5.82. The standard InChI is InChI=1S/C17H16BrN3O2S/c1-24-15-7-5-12(6-8-15)10-20-21-16(22)11-19-17(23)13-3-2-4-14(18)9-13/h2-10H,11H2,1H3,(H,19,23)(H,21,22)/b20-10-. The van der Waals surface area contributed by atoms with Gasteiger partial charge in [0.1, 0.15) is 0 Å². The Labute approximate surface area is 153 Å². The van der Waals surface area contributed by atoms with Gasteiger partial charge in [0.15, 0.2) is 0 Å². The van der Waals surface area contributed by atoms with Gasteiger partial charge in [0.25, 0.3) is 11.8 Å². The molecule has 7 heteroatoms. The molecule has 0 aromatic heterocycles. The van der Waals surface area contributed by atoms with E-state index in [9.17, 15) is 9.59 Å². The van der Waals surface area contributed by atoms with Gasteiger partial charge < -0.3 is 5.32 Å². The van der Waals surface area contributed by atoms with E-state index in [1.807, 2.05) is 36.6 Å². The predicted molar refractivity (Wildman–Crippen MR) is 100 cm³/mol. The van der Waals surface area contributed by atoms with Gasteiger partial charge in [-0.2, -0.15) is 5.10 Å². The molecule has 0 aliphatic heterocycles. The highest BCUT2D eigenvalue weighted by atomic mass is 79.9. The number of nitrogens with zero attached hydrogens (tertiary/aromatic N) is 1. The minimum atomic E-state index is -0.393. The molecule has 0 unspecified atom stereocenters. The van der Waals surface area contributed by atoms with Gasteiger partial charge in [-0.3, -0.25) is 9.59 Å². The van der Waals surface area contributed by atoms with Crippen LogP contribution in [-0.4, -0.2) is 30.8 Å². The molecule has 0 aliphatic carbocycles. The van der Waals surface area contributed by atoms with Crippen molar-refractivity contribution in [2.24, 2.45) is 5.10 Å². The number of hydrogen-bond acceptors (Lipinski definition) is 4. The molecule has 0 spiro atoms. The van der Waals surface area contributed by atoms with E-state index in [4.69, 9.17) is 0 Å². The topological polar surface area (TPSA) is 70.6 Å². The van der Waals surface area contributed by atoms with Gasteiger partial charge in [0.2, 0.25) is 0 Å². The number of carbonyl (C=O) groups is 2. The zero-order chi connectivity index (χ0) is 17.4. The van der Waals surface area contributed by atoms with E-state index in [2.05, 4.69) is 31.8 Å². The number of nitrogens with one attached hydrogen (secondary N) is 2. The monoisotopic (exact) mass is 405 g/mol. The summed E-state index contributed by atoms with van der Waals surface area (Å²) in [5.74, 6) is -0.710. The Morgan fingerprint density at radius 1 is 1.21 bits per heavy atom. The molecular weight excluding hydrogens is 390 g/mol. The summed E-state index contributed by atoms with van der Waals surface area (Å²) >= 11 is 4.95. The lowest BCUT2D eigenvalue weighted by Gasteiger charge is -2.04. The van der Waals surface area contributed by atoms with Crippen molar-refractivity contribution in [2.75, 3.05) is 12.8 Å². The molecule has 2 N–H and O–H groups in total. The second-order valence-corrected chi connectivity index (χ2v) is 6.55. The summed E-state index contributed by atoms with van der Waals surface area (Å²) in [4.78, 5) is 24.7. The van der Waals surface area contributed by atoms with Crippen LogP contribution in [-0.2, 0) is 4.79 Å². The molecule has 2 aromatic carbocycles. The first-order chi connectivity index (χ1) is 11.6. The molecule has 0 atom stereocenters. The third-order valence-corrected chi connectivity index (χ3v) is 4.25. The van der Waals surface area contributed by atoms with Crippen LogP contribution in [0.2, 0.25) is 0 Å². The van der Waals surface area contributed by atoms with Crippen LogP contribution >= 0.6 is 27.7 Å². The zero-order valence-corrected chi connectivity index (χ0v) is 15.4. The van der Waals surface area contributed by atoms with Crippen LogP contribution in [0.25, 0.3) is 0 Å². The van der Waals surface area contributed by atoms with Gasteiger partial charge in [0.05, 0.1) is 12.8 Å². The molecule has 0 heterocycles. The number of rotatable bonds is 6. The van der Waals surface area contributed by atoms with Gasteiger partial charge in [-0.25, -0.2) is 5.43 Å². The van der Waals surface area contributed by atoms with E-state index in [1.165, 1.54) is 0 Å². The van der Waals surface area contributed by atoms with E-state index in [-0.39, 0.29) is 12.5 Å². The number of amides is 2. The van der Waals surface area contributed by atoms with Gasteiger partial charge >= 0.3 is 0 Å². The fraction of sp³-hybridized carbons (Fsp3) is 0.118. The molecule has 24 heavy (non-hydrogen) atoms. The first-order valence-electron chi connectivity index (χ1n) is 7.08. The number of hydrogen-bond donors (Lipinski definition) is 2. The molecule has 0 saturated heterocycles. The Morgan fingerprint density at radius 2 is 1.96 bits per heavy atom. The van der Waals surface area contributed by atoms with Crippen molar-refractivity contribution in [1.29, 1.82) is 0 Å². The molecule has 2 rings (SSSR count). The summed E-state index contributed by atoms with van der Waals surface area (Å²) in [5, 5.41) is 6.41. The Hall–Kier alpha value is -2.12. The lowest BCUT2D eigenvalue weighted by molar-refractivity contribution is -0.120. The Balaban J connectivity index is 1.78. The zero-order valence-electron chi connectivity index (χ0n) is 13.0. The predicted octanol–water partition coefficient (Wildman–Crippen LogP) is 3.05. The highest BCUT2D eigenvalue weighted by molar-refractivity contribution is 9.10. The summed E-state index contributed by atoms with van der Waals surface area (Å²) in [6, 6.07) is 14.7. The number of hydrazone groups is 1. The fourth-order valence-electron chi connectivity index (χ4n) is 1.80. The second kappa shape index (κ2) is 9.24. The van der Waals surface area contributed by atoms with Crippen LogP contribution in [0.3, 0.4) is 0 Å². The molecule has 2 amide bonds. The van der Waals surface area contributed by atoms with E-state index in [0.717, 1.165) is 14.9 Å². The van der Waals surface area contributed by atoms with E-state index in [0.29, 0.717) is 5.56 Å². The smallest absolute Gasteiger partial charge is 0.259 e. The average molecular weight is 406 g/mol. The maximum absolute atomic E-state index is 11.9. The van der Waals surface area contributed by atoms with Crippen LogP contribution in [0.5, 0.6) is 0 Å². The first kappa shape index (κ1) is 18.2. The number of halogens is 1. The number of benzene rings is 2. The average Bonchev–Trinajstić information content (AvgIpc) is 2.60. The third-order valence-electron chi connectivity index (χ3n) is 3.01. The van der Waals surface area contributed by atoms with Crippen molar-refractivity contribution >= 4 is 45.7 Å². The largest absolute Gasteiger partial charge is 0.343 e. The first-order valence-corrected chi connectivity index (χ1v) is 9.10. The summed E-state index contributed by atoms with van der Waals surface area (Å²) in [6.07, 6.45) is 3.56. The lowest BCUT2D eigenvalue weighted by Crippen LogP contribution is -2.34. The van der Waals surface area contributed by atoms with Crippen molar-refractivity contribution < 1.29 is 9.59 Å². The van der Waals surface area contributed by atoms with Gasteiger partial charge in [0, 0.05) is 14.9 Å². The highest BCUT2D eigenvalue weighted by Gasteiger charge is 2.07. The maximum atomic E-state index is 11.9. The fourth-order valence-corrected chi connectivity index (χ4v) is 2.61. The molecular formula is C17H16BrN3O2S. The van der Waals surface area contributed by atoms with Crippen molar-refractivity contribution in [3.63, 3.8) is 0 Å².